The summed E-state index contributed by atoms with van der Waals surface area (Å²) in [6.07, 6.45) is 1.95. The van der Waals surface area contributed by atoms with Gasteiger partial charge in [-0.3, -0.25) is 4.79 Å². The molecule has 0 amide bonds. The third kappa shape index (κ3) is 2.08. The van der Waals surface area contributed by atoms with Crippen LogP contribution in [0.25, 0.3) is 17.2 Å². The lowest BCUT2D eigenvalue weighted by Crippen LogP contribution is -2.39. The fourth-order valence-corrected chi connectivity index (χ4v) is 5.25. The van der Waals surface area contributed by atoms with Gasteiger partial charge in [0.05, 0.1) is 4.48 Å². The van der Waals surface area contributed by atoms with Gasteiger partial charge in [0.2, 0.25) is 0 Å². The molecule has 2 aliphatic rings. The maximum absolute atomic E-state index is 13.9. The maximum Gasteiger partial charge on any atom is 0.189 e. The first-order valence-electron chi connectivity index (χ1n) is 9.04. The van der Waals surface area contributed by atoms with Gasteiger partial charge in [0.1, 0.15) is 5.41 Å². The van der Waals surface area contributed by atoms with Crippen molar-refractivity contribution in [3.05, 3.63) is 111 Å². The van der Waals surface area contributed by atoms with E-state index in [4.69, 9.17) is 0 Å². The molecule has 0 bridgehead atoms. The van der Waals surface area contributed by atoms with E-state index < -0.39 is 5.41 Å². The molecule has 130 valence electrons. The number of ketones is 1. The number of hydrogen-bond acceptors (Lipinski definition) is 1. The largest absolute Gasteiger partial charge is 0.292 e. The molecule has 0 fully saturated rings. The quantitative estimate of drug-likeness (QED) is 0.462. The number of hydrogen-bond donors (Lipinski definition) is 0. The number of allylic oxidation sites excluding steroid dienone is 3. The van der Waals surface area contributed by atoms with Crippen LogP contribution in [0.4, 0.5) is 0 Å². The summed E-state index contributed by atoms with van der Waals surface area (Å²) in [4.78, 5) is 13.9. The van der Waals surface area contributed by atoms with Crippen LogP contribution in [0.1, 0.15) is 34.7 Å². The molecule has 0 N–H and O–H groups in total. The Bertz CT molecular complexity index is 1150. The van der Waals surface area contributed by atoms with Gasteiger partial charge in [-0.15, -0.1) is 0 Å². The fraction of sp³-hybridized carbons (Fsp3) is 0.0800. The smallest absolute Gasteiger partial charge is 0.189 e. The van der Waals surface area contributed by atoms with Crippen molar-refractivity contribution in [1.29, 1.82) is 0 Å². The molecule has 0 saturated heterocycles. The Kier molecular flexibility index (Phi) is 3.60. The van der Waals surface area contributed by atoms with Crippen molar-refractivity contribution in [1.82, 2.24) is 0 Å². The summed E-state index contributed by atoms with van der Waals surface area (Å²) in [5.74, 6) is 0.101. The minimum Gasteiger partial charge on any atom is -0.292 e. The van der Waals surface area contributed by atoms with Crippen molar-refractivity contribution in [3.8, 4) is 0 Å². The molecule has 0 unspecified atom stereocenters. The van der Waals surface area contributed by atoms with Crippen LogP contribution in [0.15, 0.2) is 83.3 Å². The fourth-order valence-electron chi connectivity index (χ4n) is 4.71. The van der Waals surface area contributed by atoms with Crippen LogP contribution in [0.5, 0.6) is 0 Å². The minimum absolute atomic E-state index is 0.101. The zero-order valence-electron chi connectivity index (χ0n) is 14.9. The molecule has 1 atom stereocenters. The summed E-state index contributed by atoms with van der Waals surface area (Å²) < 4.78 is 0.624. The van der Waals surface area contributed by atoms with E-state index in [0.29, 0.717) is 4.48 Å². The van der Waals surface area contributed by atoms with Gasteiger partial charge >= 0.3 is 0 Å². The van der Waals surface area contributed by atoms with Crippen LogP contribution in [-0.4, -0.2) is 5.78 Å². The number of Topliss-reactive ketones (excluding diaryl/α,β-unsaturated/α-hetero) is 1. The topological polar surface area (TPSA) is 17.1 Å². The molecule has 0 aliphatic heterocycles. The molecule has 0 radical (unpaired) electrons. The molecule has 2 heteroatoms. The molecular weight excluding hydrogens is 396 g/mol. The highest BCUT2D eigenvalue weighted by molar-refractivity contribution is 9.12. The Morgan fingerprint density at radius 3 is 2.19 bits per heavy atom. The van der Waals surface area contributed by atoms with Gasteiger partial charge in [-0.2, -0.15) is 0 Å². The summed E-state index contributed by atoms with van der Waals surface area (Å²) >= 11 is 3.57. The van der Waals surface area contributed by atoms with Gasteiger partial charge < -0.3 is 0 Å². The lowest BCUT2D eigenvalue weighted by molar-refractivity contribution is -0.117. The SMILES string of the molecule is CC1=C(c2ccccc2)[C@@]2(C(=O)C(Br)=Cc3ccccc32)c2ccccc21. The predicted octanol–water partition coefficient (Wildman–Crippen LogP) is 6.24. The van der Waals surface area contributed by atoms with Gasteiger partial charge in [0.15, 0.2) is 5.78 Å². The number of carbonyl (C=O) groups excluding carboxylic acids is 1. The molecule has 3 aromatic carbocycles. The first-order valence-corrected chi connectivity index (χ1v) is 9.83. The molecule has 0 aromatic heterocycles. The molecule has 0 heterocycles. The summed E-state index contributed by atoms with van der Waals surface area (Å²) in [6, 6.07) is 26.9. The average molecular weight is 413 g/mol. The Morgan fingerprint density at radius 2 is 1.41 bits per heavy atom. The maximum atomic E-state index is 13.9. The van der Waals surface area contributed by atoms with Crippen molar-refractivity contribution in [2.75, 3.05) is 0 Å². The zero-order chi connectivity index (χ0) is 18.6. The van der Waals surface area contributed by atoms with Crippen molar-refractivity contribution < 1.29 is 4.79 Å². The van der Waals surface area contributed by atoms with Crippen molar-refractivity contribution in [2.24, 2.45) is 0 Å². The molecule has 2 aliphatic carbocycles. The summed E-state index contributed by atoms with van der Waals surface area (Å²) in [5.41, 5.74) is 6.91. The Balaban J connectivity index is 1.97. The summed E-state index contributed by atoms with van der Waals surface area (Å²) in [6.45, 7) is 2.14. The van der Waals surface area contributed by atoms with Gasteiger partial charge in [-0.05, 0) is 67.9 Å². The standard InChI is InChI=1S/C25H17BrO/c1-16-19-12-6-8-14-21(19)25(23(16)17-9-3-2-4-10-17)20-13-7-5-11-18(20)15-22(26)24(25)27/h2-15H,1H3/t25-/m0/s1. The number of benzene rings is 3. The van der Waals surface area contributed by atoms with E-state index >= 15 is 0 Å². The summed E-state index contributed by atoms with van der Waals surface area (Å²) in [5, 5.41) is 0. The third-order valence-electron chi connectivity index (χ3n) is 5.75. The number of fused-ring (bicyclic) bond motifs is 4. The lowest BCUT2D eigenvalue weighted by atomic mass is 9.63. The highest BCUT2D eigenvalue weighted by Gasteiger charge is 2.54. The summed E-state index contributed by atoms with van der Waals surface area (Å²) in [7, 11) is 0. The minimum atomic E-state index is -0.813. The second-order valence-corrected chi connectivity index (χ2v) is 7.92. The van der Waals surface area contributed by atoms with Crippen molar-refractivity contribution in [3.63, 3.8) is 0 Å². The first-order chi connectivity index (χ1) is 13.2. The Morgan fingerprint density at radius 1 is 0.778 bits per heavy atom. The van der Waals surface area contributed by atoms with Crippen LogP contribution >= 0.6 is 15.9 Å². The van der Waals surface area contributed by atoms with E-state index in [9.17, 15) is 4.79 Å². The number of carbonyl (C=O) groups is 1. The van der Waals surface area contributed by atoms with E-state index in [1.165, 1.54) is 5.57 Å². The van der Waals surface area contributed by atoms with E-state index in [1.54, 1.807) is 0 Å². The monoisotopic (exact) mass is 412 g/mol. The Labute approximate surface area is 167 Å². The molecule has 1 nitrogen and oxygen atoms in total. The third-order valence-corrected chi connectivity index (χ3v) is 6.34. The van der Waals surface area contributed by atoms with Crippen LogP contribution in [0.2, 0.25) is 0 Å². The second kappa shape index (κ2) is 5.90. The van der Waals surface area contributed by atoms with E-state index in [-0.39, 0.29) is 5.78 Å². The average Bonchev–Trinajstić information content (AvgIpc) is 2.97. The molecule has 1 spiro atoms. The van der Waals surface area contributed by atoms with E-state index in [1.807, 2.05) is 48.5 Å². The lowest BCUT2D eigenvalue weighted by Gasteiger charge is -2.37. The van der Waals surface area contributed by atoms with Crippen LogP contribution < -0.4 is 0 Å². The van der Waals surface area contributed by atoms with Crippen LogP contribution in [0, 0.1) is 0 Å². The van der Waals surface area contributed by atoms with Crippen molar-refractivity contribution in [2.45, 2.75) is 12.3 Å². The zero-order valence-corrected chi connectivity index (χ0v) is 16.5. The molecule has 5 rings (SSSR count). The highest BCUT2D eigenvalue weighted by atomic mass is 79.9. The number of rotatable bonds is 1. The van der Waals surface area contributed by atoms with Crippen molar-refractivity contribution >= 4 is 38.9 Å². The van der Waals surface area contributed by atoms with Gasteiger partial charge in [0, 0.05) is 0 Å². The predicted molar refractivity (Wildman–Crippen MR) is 115 cm³/mol. The molecular formula is C25H17BrO. The van der Waals surface area contributed by atoms with E-state index in [0.717, 1.165) is 33.4 Å². The first kappa shape index (κ1) is 16.5. The van der Waals surface area contributed by atoms with Crippen LogP contribution in [-0.2, 0) is 10.2 Å². The van der Waals surface area contributed by atoms with E-state index in [2.05, 4.69) is 59.3 Å². The Hall–Kier alpha value is -2.71. The highest BCUT2D eigenvalue weighted by Crippen LogP contribution is 2.58. The van der Waals surface area contributed by atoms with Gasteiger partial charge in [-0.1, -0.05) is 78.9 Å². The van der Waals surface area contributed by atoms with Gasteiger partial charge in [0.25, 0.3) is 0 Å². The molecule has 0 saturated carbocycles. The normalized spacial score (nSPS) is 20.5. The van der Waals surface area contributed by atoms with Crippen LogP contribution in [0.3, 0.4) is 0 Å². The molecule has 27 heavy (non-hydrogen) atoms. The molecule has 3 aromatic rings. The second-order valence-electron chi connectivity index (χ2n) is 7.07. The van der Waals surface area contributed by atoms with Gasteiger partial charge in [-0.25, -0.2) is 0 Å². The number of halogens is 1.